The van der Waals surface area contributed by atoms with E-state index in [1.54, 1.807) is 0 Å². The number of ether oxygens (including phenoxy) is 1. The normalized spacial score (nSPS) is 15.8. The fourth-order valence-corrected chi connectivity index (χ4v) is 0.516. The van der Waals surface area contributed by atoms with Gasteiger partial charge in [-0.05, 0) is 0 Å². The molecule has 1 rings (SSSR count). The Morgan fingerprint density at radius 1 is 1.08 bits per heavy atom. The Kier molecular flexibility index (Phi) is 6.51. The number of Topliss-reactive ketones (excluding diaryl/α,β-unsaturated/α-hetero) is 2. The summed E-state index contributed by atoms with van der Waals surface area (Å²) >= 11 is 0. The molecule has 0 unspecified atom stereocenters. The van der Waals surface area contributed by atoms with Gasteiger partial charge in [-0.1, -0.05) is 0 Å². The molecule has 0 spiro atoms. The average Bonchev–Trinajstić information content (AvgIpc) is 2.08. The minimum absolute atomic E-state index is 0.380. The third-order valence-corrected chi connectivity index (χ3v) is 1.34. The molecule has 0 radical (unpaired) electrons. The molecule has 12 heavy (non-hydrogen) atoms. The zero-order chi connectivity index (χ0) is 9.40. The second kappa shape index (κ2) is 6.94. The number of hydrogen-bond acceptors (Lipinski definition) is 4. The van der Waals surface area contributed by atoms with Crippen molar-refractivity contribution in [3.63, 3.8) is 0 Å². The van der Waals surface area contributed by atoms with Gasteiger partial charge in [-0.15, -0.1) is 0 Å². The van der Waals surface area contributed by atoms with Gasteiger partial charge in [0.15, 0.2) is 11.6 Å². The van der Waals surface area contributed by atoms with Gasteiger partial charge in [-0.2, -0.15) is 0 Å². The molecule has 4 heteroatoms. The first-order valence-corrected chi connectivity index (χ1v) is 3.94. The minimum atomic E-state index is -0.380. The van der Waals surface area contributed by atoms with Crippen molar-refractivity contribution < 1.29 is 14.3 Å². The van der Waals surface area contributed by atoms with Crippen LogP contribution in [0.15, 0.2) is 0 Å². The molecule has 1 heterocycles. The smallest absolute Gasteiger partial charge is 0.195 e. The molecule has 0 saturated carbocycles. The summed E-state index contributed by atoms with van der Waals surface area (Å²) in [4.78, 5) is 19.6. The number of ketones is 2. The maximum absolute atomic E-state index is 9.79. The summed E-state index contributed by atoms with van der Waals surface area (Å²) in [5.74, 6) is -0.759. The van der Waals surface area contributed by atoms with Crippen LogP contribution in [0.5, 0.6) is 0 Å². The van der Waals surface area contributed by atoms with E-state index in [1.807, 2.05) is 0 Å². The lowest BCUT2D eigenvalue weighted by Crippen LogP contribution is -2.30. The average molecular weight is 173 g/mol. The van der Waals surface area contributed by atoms with Crippen molar-refractivity contribution in [1.29, 1.82) is 0 Å². The fourth-order valence-electron chi connectivity index (χ4n) is 0.516. The van der Waals surface area contributed by atoms with Crippen molar-refractivity contribution in [2.45, 2.75) is 13.8 Å². The Morgan fingerprint density at radius 2 is 1.50 bits per heavy atom. The monoisotopic (exact) mass is 173 g/mol. The molecule has 0 aliphatic carbocycles. The van der Waals surface area contributed by atoms with E-state index in [2.05, 4.69) is 5.32 Å². The molecule has 0 amide bonds. The lowest BCUT2D eigenvalue weighted by molar-refractivity contribution is -0.134. The first-order chi connectivity index (χ1) is 5.64. The summed E-state index contributed by atoms with van der Waals surface area (Å²) in [6.45, 7) is 6.34. The van der Waals surface area contributed by atoms with E-state index in [4.69, 9.17) is 4.74 Å². The molecule has 0 aromatic rings. The zero-order valence-electron chi connectivity index (χ0n) is 7.55. The van der Waals surface area contributed by atoms with Crippen LogP contribution in [-0.4, -0.2) is 37.9 Å². The molecule has 0 aromatic heterocycles. The highest BCUT2D eigenvalue weighted by Gasteiger charge is 1.94. The molecular weight excluding hydrogens is 158 g/mol. The van der Waals surface area contributed by atoms with Crippen LogP contribution in [0.3, 0.4) is 0 Å². The zero-order valence-corrected chi connectivity index (χ0v) is 7.55. The van der Waals surface area contributed by atoms with Crippen LogP contribution in [0.25, 0.3) is 0 Å². The second-order valence-electron chi connectivity index (χ2n) is 2.47. The second-order valence-corrected chi connectivity index (χ2v) is 2.47. The summed E-state index contributed by atoms with van der Waals surface area (Å²) in [7, 11) is 0. The fraction of sp³-hybridized carbons (Fsp3) is 0.750. The van der Waals surface area contributed by atoms with E-state index < -0.39 is 0 Å². The molecule has 1 aliphatic heterocycles. The molecule has 0 bridgehead atoms. The predicted molar refractivity (Wildman–Crippen MR) is 45.1 cm³/mol. The van der Waals surface area contributed by atoms with Crippen molar-refractivity contribution in [2.24, 2.45) is 0 Å². The van der Waals surface area contributed by atoms with Crippen LogP contribution in [0.2, 0.25) is 0 Å². The van der Waals surface area contributed by atoms with Crippen molar-refractivity contribution in [3.8, 4) is 0 Å². The third kappa shape index (κ3) is 7.37. The Balaban J connectivity index is 0.000000202. The van der Waals surface area contributed by atoms with Crippen molar-refractivity contribution >= 4 is 11.6 Å². The molecule has 4 nitrogen and oxygen atoms in total. The number of nitrogens with one attached hydrogen (secondary N) is 1. The summed E-state index contributed by atoms with van der Waals surface area (Å²) in [5, 5.41) is 3.16. The van der Waals surface area contributed by atoms with Gasteiger partial charge >= 0.3 is 0 Å². The molecule has 1 aliphatic rings. The van der Waals surface area contributed by atoms with Gasteiger partial charge in [0.2, 0.25) is 0 Å². The number of carbonyl (C=O) groups is 2. The number of rotatable bonds is 1. The summed E-state index contributed by atoms with van der Waals surface area (Å²) in [6.07, 6.45) is 0. The Morgan fingerprint density at radius 3 is 1.58 bits per heavy atom. The van der Waals surface area contributed by atoms with Crippen LogP contribution in [0, 0.1) is 0 Å². The van der Waals surface area contributed by atoms with Crippen molar-refractivity contribution in [2.75, 3.05) is 26.3 Å². The first-order valence-electron chi connectivity index (χ1n) is 3.94. The van der Waals surface area contributed by atoms with Gasteiger partial charge in [-0.25, -0.2) is 0 Å². The highest BCUT2D eigenvalue weighted by molar-refractivity contribution is 6.35. The SMILES string of the molecule is C1COCCN1.CC(=O)C(C)=O. The van der Waals surface area contributed by atoms with Gasteiger partial charge in [0.25, 0.3) is 0 Å². The van der Waals surface area contributed by atoms with Crippen LogP contribution in [0.4, 0.5) is 0 Å². The van der Waals surface area contributed by atoms with E-state index in [0.29, 0.717) is 0 Å². The van der Waals surface area contributed by atoms with Crippen LogP contribution < -0.4 is 5.32 Å². The van der Waals surface area contributed by atoms with E-state index in [-0.39, 0.29) is 11.6 Å². The van der Waals surface area contributed by atoms with Crippen molar-refractivity contribution in [3.05, 3.63) is 0 Å². The van der Waals surface area contributed by atoms with Crippen LogP contribution in [-0.2, 0) is 14.3 Å². The molecule has 70 valence electrons. The standard InChI is InChI=1S/C4H9NO.C4H6O2/c1-3-6-4-2-5-1;1-3(5)4(2)6/h5H,1-4H2;1-2H3. The van der Waals surface area contributed by atoms with Crippen LogP contribution >= 0.6 is 0 Å². The van der Waals surface area contributed by atoms with Gasteiger partial charge in [0.05, 0.1) is 13.2 Å². The quantitative estimate of drug-likeness (QED) is 0.556. The lowest BCUT2D eigenvalue weighted by atomic mass is 10.3. The number of carbonyl (C=O) groups excluding carboxylic acids is 2. The van der Waals surface area contributed by atoms with E-state index in [9.17, 15) is 9.59 Å². The highest BCUT2D eigenvalue weighted by atomic mass is 16.5. The van der Waals surface area contributed by atoms with Gasteiger partial charge in [0, 0.05) is 26.9 Å². The third-order valence-electron chi connectivity index (χ3n) is 1.34. The van der Waals surface area contributed by atoms with E-state index >= 15 is 0 Å². The minimum Gasteiger partial charge on any atom is -0.379 e. The van der Waals surface area contributed by atoms with Gasteiger partial charge in [-0.3, -0.25) is 9.59 Å². The first kappa shape index (κ1) is 11.3. The molecule has 1 fully saturated rings. The molecule has 1 saturated heterocycles. The number of morpholine rings is 1. The topological polar surface area (TPSA) is 55.4 Å². The molecule has 0 atom stereocenters. The Hall–Kier alpha value is -0.740. The molecule has 0 aromatic carbocycles. The van der Waals surface area contributed by atoms with Crippen molar-refractivity contribution in [1.82, 2.24) is 5.32 Å². The Labute approximate surface area is 72.3 Å². The summed E-state index contributed by atoms with van der Waals surface area (Å²) < 4.78 is 5.01. The van der Waals surface area contributed by atoms with E-state index in [1.165, 1.54) is 13.8 Å². The largest absolute Gasteiger partial charge is 0.379 e. The molecule has 1 N–H and O–H groups in total. The number of hydrogen-bond donors (Lipinski definition) is 1. The summed E-state index contributed by atoms with van der Waals surface area (Å²) in [5.41, 5.74) is 0. The van der Waals surface area contributed by atoms with Gasteiger partial charge in [0.1, 0.15) is 0 Å². The molecular formula is C8H15NO3. The van der Waals surface area contributed by atoms with Gasteiger partial charge < -0.3 is 10.1 Å². The highest BCUT2D eigenvalue weighted by Crippen LogP contribution is 1.76. The van der Waals surface area contributed by atoms with Crippen LogP contribution in [0.1, 0.15) is 13.8 Å². The summed E-state index contributed by atoms with van der Waals surface area (Å²) in [6, 6.07) is 0. The maximum atomic E-state index is 9.79. The maximum Gasteiger partial charge on any atom is 0.195 e. The predicted octanol–water partition coefficient (Wildman–Crippen LogP) is -0.229. The van der Waals surface area contributed by atoms with E-state index in [0.717, 1.165) is 26.3 Å². The Bertz CT molecular complexity index is 129. The lowest BCUT2D eigenvalue weighted by Gasteiger charge is -2.10.